The van der Waals surface area contributed by atoms with Gasteiger partial charge in [-0.05, 0) is 36.8 Å². The molecule has 2 heterocycles. The summed E-state index contributed by atoms with van der Waals surface area (Å²) < 4.78 is 32.9. The van der Waals surface area contributed by atoms with Crippen LogP contribution in [0, 0.1) is 11.8 Å². The number of nitrogens with zero attached hydrogens (tertiary/aromatic N) is 2. The second-order valence-electron chi connectivity index (χ2n) is 6.99. The third kappa shape index (κ3) is 3.20. The number of pyridine rings is 1. The molecular formula is C18H22ClN3O4S. The number of nitrogens with two attached hydrogens (primary N) is 1. The molecule has 2 N–H and O–H groups in total. The number of fused-ring (bicyclic) bond motifs is 2. The van der Waals surface area contributed by atoms with Crippen molar-refractivity contribution in [3.8, 4) is 0 Å². The molecule has 9 heteroatoms. The fraction of sp³-hybridized carbons (Fsp3) is 0.444. The summed E-state index contributed by atoms with van der Waals surface area (Å²) in [6.07, 6.45) is 3.37. The Hall–Kier alpha value is -1.74. The molecule has 0 amide bonds. The Labute approximate surface area is 164 Å². The first-order valence-corrected chi connectivity index (χ1v) is 10.1. The van der Waals surface area contributed by atoms with Crippen LogP contribution < -0.4 is 5.73 Å². The second-order valence-corrected chi connectivity index (χ2v) is 8.90. The summed E-state index contributed by atoms with van der Waals surface area (Å²) in [5.74, 6) is -0.0269. The van der Waals surface area contributed by atoms with Crippen LogP contribution in [0.25, 0.3) is 10.8 Å². The van der Waals surface area contributed by atoms with Crippen LogP contribution >= 0.6 is 12.4 Å². The topological polar surface area (TPSA) is 103 Å². The van der Waals surface area contributed by atoms with Gasteiger partial charge in [0.05, 0.1) is 12.0 Å². The zero-order valence-corrected chi connectivity index (χ0v) is 16.5. The highest BCUT2D eigenvalue weighted by Gasteiger charge is 2.45. The maximum Gasteiger partial charge on any atom is 0.357 e. The predicted molar refractivity (Wildman–Crippen MR) is 103 cm³/mol. The molecule has 2 aliphatic rings. The lowest BCUT2D eigenvalue weighted by Gasteiger charge is -2.20. The van der Waals surface area contributed by atoms with Crippen molar-refractivity contribution < 1.29 is 17.9 Å². The standard InChI is InChI=1S/C18H21N3O4S.ClH/c1-25-18(22)17-13-3-2-4-16(12(13)7-8-20-17)26(23,24)21-9-11-5-6-15(19)14(11)10-21;/h2-4,7-8,11,14-15H,5-6,9-10,19H2,1H3;1H. The van der Waals surface area contributed by atoms with Crippen molar-refractivity contribution >= 4 is 39.2 Å². The van der Waals surface area contributed by atoms with Crippen molar-refractivity contribution in [1.82, 2.24) is 9.29 Å². The third-order valence-corrected chi connectivity index (χ3v) is 7.53. The number of esters is 1. The number of benzene rings is 1. The average molecular weight is 412 g/mol. The van der Waals surface area contributed by atoms with Crippen LogP contribution in [0.3, 0.4) is 0 Å². The quantitative estimate of drug-likeness (QED) is 0.772. The molecule has 1 aromatic heterocycles. The Kier molecular flexibility index (Phi) is 5.45. The molecule has 7 nitrogen and oxygen atoms in total. The number of hydrogen-bond acceptors (Lipinski definition) is 6. The molecule has 2 aromatic rings. The van der Waals surface area contributed by atoms with E-state index in [1.165, 1.54) is 17.6 Å². The second kappa shape index (κ2) is 7.35. The highest BCUT2D eigenvalue weighted by Crippen LogP contribution is 2.40. The monoisotopic (exact) mass is 411 g/mol. The minimum Gasteiger partial charge on any atom is -0.464 e. The number of aromatic nitrogens is 1. The summed E-state index contributed by atoms with van der Waals surface area (Å²) in [7, 11) is -2.41. The number of halogens is 1. The first-order chi connectivity index (χ1) is 12.4. The number of carbonyl (C=O) groups is 1. The Morgan fingerprint density at radius 3 is 2.70 bits per heavy atom. The molecule has 3 unspecified atom stereocenters. The Morgan fingerprint density at radius 2 is 2.00 bits per heavy atom. The van der Waals surface area contributed by atoms with E-state index in [2.05, 4.69) is 4.98 Å². The van der Waals surface area contributed by atoms with Crippen molar-refractivity contribution in [1.29, 1.82) is 0 Å². The van der Waals surface area contributed by atoms with Gasteiger partial charge in [-0.2, -0.15) is 4.31 Å². The number of ether oxygens (including phenoxy) is 1. The summed E-state index contributed by atoms with van der Waals surface area (Å²) in [6, 6.07) is 6.58. The van der Waals surface area contributed by atoms with Crippen LogP contribution in [-0.4, -0.2) is 49.9 Å². The van der Waals surface area contributed by atoms with Gasteiger partial charge in [0.15, 0.2) is 5.69 Å². The molecule has 2 fully saturated rings. The zero-order valence-electron chi connectivity index (χ0n) is 14.9. The number of rotatable bonds is 3. The van der Waals surface area contributed by atoms with Gasteiger partial charge in [0.2, 0.25) is 10.0 Å². The van der Waals surface area contributed by atoms with Crippen LogP contribution in [-0.2, 0) is 14.8 Å². The molecule has 27 heavy (non-hydrogen) atoms. The molecule has 1 saturated carbocycles. The largest absolute Gasteiger partial charge is 0.464 e. The fourth-order valence-electron chi connectivity index (χ4n) is 4.26. The van der Waals surface area contributed by atoms with Crippen LogP contribution in [0.15, 0.2) is 35.4 Å². The van der Waals surface area contributed by atoms with Crippen LogP contribution in [0.4, 0.5) is 0 Å². The number of sulfonamides is 1. The van der Waals surface area contributed by atoms with Crippen molar-refractivity contribution in [2.75, 3.05) is 20.2 Å². The van der Waals surface area contributed by atoms with E-state index in [4.69, 9.17) is 10.5 Å². The van der Waals surface area contributed by atoms with Crippen LogP contribution in [0.2, 0.25) is 0 Å². The number of carbonyl (C=O) groups excluding carboxylic acids is 1. The third-order valence-electron chi connectivity index (χ3n) is 5.64. The van der Waals surface area contributed by atoms with Gasteiger partial charge in [-0.1, -0.05) is 12.1 Å². The maximum absolute atomic E-state index is 13.3. The van der Waals surface area contributed by atoms with Crippen LogP contribution in [0.5, 0.6) is 0 Å². The molecule has 1 aliphatic heterocycles. The lowest BCUT2D eigenvalue weighted by atomic mass is 9.98. The summed E-state index contributed by atoms with van der Waals surface area (Å²) in [5.41, 5.74) is 6.26. The maximum atomic E-state index is 13.3. The summed E-state index contributed by atoms with van der Waals surface area (Å²) in [6.45, 7) is 0.964. The van der Waals surface area contributed by atoms with E-state index in [0.29, 0.717) is 29.8 Å². The Balaban J connectivity index is 0.00000210. The van der Waals surface area contributed by atoms with Gasteiger partial charge in [-0.25, -0.2) is 18.2 Å². The Bertz CT molecular complexity index is 982. The van der Waals surface area contributed by atoms with Crippen molar-refractivity contribution in [3.63, 3.8) is 0 Å². The van der Waals surface area contributed by atoms with E-state index < -0.39 is 16.0 Å². The number of methoxy groups -OCH3 is 1. The fourth-order valence-corrected chi connectivity index (χ4v) is 6.01. The zero-order chi connectivity index (χ0) is 18.5. The van der Waals surface area contributed by atoms with Gasteiger partial charge in [0.25, 0.3) is 0 Å². The molecule has 1 aromatic carbocycles. The summed E-state index contributed by atoms with van der Waals surface area (Å²) in [5, 5.41) is 0.945. The van der Waals surface area contributed by atoms with Gasteiger partial charge >= 0.3 is 5.97 Å². The van der Waals surface area contributed by atoms with Gasteiger partial charge < -0.3 is 10.5 Å². The summed E-state index contributed by atoms with van der Waals surface area (Å²) >= 11 is 0. The highest BCUT2D eigenvalue weighted by molar-refractivity contribution is 7.89. The van der Waals surface area contributed by atoms with Crippen molar-refractivity contribution in [2.45, 2.75) is 23.8 Å². The molecule has 0 bridgehead atoms. The average Bonchev–Trinajstić information content (AvgIpc) is 3.23. The SMILES string of the molecule is COC(=O)c1nccc2c(S(=O)(=O)N3CC4CCC(N)C4C3)cccc12.Cl. The van der Waals surface area contributed by atoms with Gasteiger partial charge in [-0.15, -0.1) is 12.4 Å². The first-order valence-electron chi connectivity index (χ1n) is 8.65. The molecule has 1 saturated heterocycles. The summed E-state index contributed by atoms with van der Waals surface area (Å²) in [4.78, 5) is 16.2. The molecule has 1 aliphatic carbocycles. The molecular weight excluding hydrogens is 390 g/mol. The lowest BCUT2D eigenvalue weighted by molar-refractivity contribution is 0.0596. The van der Waals surface area contributed by atoms with Gasteiger partial charge in [0.1, 0.15) is 0 Å². The van der Waals surface area contributed by atoms with E-state index >= 15 is 0 Å². The van der Waals surface area contributed by atoms with Crippen molar-refractivity contribution in [3.05, 3.63) is 36.2 Å². The minimum atomic E-state index is -3.68. The Morgan fingerprint density at radius 1 is 1.22 bits per heavy atom. The normalized spacial score (nSPS) is 25.2. The molecule has 0 spiro atoms. The predicted octanol–water partition coefficient (Wildman–Crippen LogP) is 1.80. The van der Waals surface area contributed by atoms with E-state index in [1.807, 2.05) is 0 Å². The molecule has 146 valence electrons. The van der Waals surface area contributed by atoms with Gasteiger partial charge in [-0.3, -0.25) is 0 Å². The minimum absolute atomic E-state index is 0. The van der Waals surface area contributed by atoms with E-state index in [-0.39, 0.29) is 35.0 Å². The highest BCUT2D eigenvalue weighted by atomic mass is 35.5. The van der Waals surface area contributed by atoms with E-state index in [1.54, 1.807) is 24.3 Å². The lowest BCUT2D eigenvalue weighted by Crippen LogP contribution is -2.33. The molecule has 4 rings (SSSR count). The number of hydrogen-bond donors (Lipinski definition) is 1. The van der Waals surface area contributed by atoms with Crippen LogP contribution in [0.1, 0.15) is 23.3 Å². The van der Waals surface area contributed by atoms with E-state index in [9.17, 15) is 13.2 Å². The van der Waals surface area contributed by atoms with Gasteiger partial charge in [0, 0.05) is 36.1 Å². The first kappa shape index (κ1) is 20.0. The van der Waals surface area contributed by atoms with Crippen molar-refractivity contribution in [2.24, 2.45) is 17.6 Å². The smallest absolute Gasteiger partial charge is 0.357 e. The molecule has 0 radical (unpaired) electrons. The molecule has 3 atom stereocenters. The van der Waals surface area contributed by atoms with E-state index in [0.717, 1.165) is 12.8 Å².